The molecule has 0 aromatic carbocycles. The largest absolute Gasteiger partial charge is 0.375 e. The second kappa shape index (κ2) is 4.34. The summed E-state index contributed by atoms with van der Waals surface area (Å²) in [6.45, 7) is 0.998. The van der Waals surface area contributed by atoms with E-state index in [1.807, 2.05) is 0 Å². The molecule has 11 heavy (non-hydrogen) atoms. The molecule has 0 aromatic heterocycles. The summed E-state index contributed by atoms with van der Waals surface area (Å²) in [6, 6.07) is 0. The summed E-state index contributed by atoms with van der Waals surface area (Å²) in [5.74, 6) is 0.881. The summed E-state index contributed by atoms with van der Waals surface area (Å²) in [5, 5.41) is 2.79. The summed E-state index contributed by atoms with van der Waals surface area (Å²) < 4.78 is 4.66. The van der Waals surface area contributed by atoms with Crippen molar-refractivity contribution in [3.05, 3.63) is 0 Å². The van der Waals surface area contributed by atoms with E-state index >= 15 is 0 Å². The monoisotopic (exact) mass is 157 g/mol. The Morgan fingerprint density at radius 1 is 1.64 bits per heavy atom. The highest BCUT2D eigenvalue weighted by Gasteiger charge is 2.20. The summed E-state index contributed by atoms with van der Waals surface area (Å²) in [6.07, 6.45) is 3.83. The Balaban J connectivity index is 1.88. The Kier molecular flexibility index (Phi) is 3.36. The van der Waals surface area contributed by atoms with E-state index in [0.717, 1.165) is 18.9 Å². The summed E-state index contributed by atoms with van der Waals surface area (Å²) in [5.41, 5.74) is 0. The Morgan fingerprint density at radius 3 is 2.91 bits per heavy atom. The quantitative estimate of drug-likeness (QED) is 0.633. The van der Waals surface area contributed by atoms with E-state index in [4.69, 9.17) is 0 Å². The second-order valence-corrected chi connectivity index (χ2v) is 3.02. The molecular weight excluding hydrogens is 142 g/mol. The van der Waals surface area contributed by atoms with Crippen LogP contribution in [0.25, 0.3) is 0 Å². The number of hydrogen-bond donors (Lipinski definition) is 1. The minimum absolute atomic E-state index is 0.00634. The maximum atomic E-state index is 10.8. The van der Waals surface area contributed by atoms with Gasteiger partial charge in [-0.15, -0.1) is 0 Å². The molecule has 0 spiro atoms. The number of hydrogen-bond acceptors (Lipinski definition) is 2. The number of methoxy groups -OCH3 is 1. The first-order valence-electron chi connectivity index (χ1n) is 4.08. The maximum Gasteiger partial charge on any atom is 0.245 e. The SMILES string of the molecule is COCC(=O)NCCC1CC1. The Morgan fingerprint density at radius 2 is 2.36 bits per heavy atom. The van der Waals surface area contributed by atoms with Gasteiger partial charge in [0, 0.05) is 13.7 Å². The lowest BCUT2D eigenvalue weighted by molar-refractivity contribution is -0.124. The topological polar surface area (TPSA) is 38.3 Å². The van der Waals surface area contributed by atoms with Gasteiger partial charge in [-0.05, 0) is 12.3 Å². The lowest BCUT2D eigenvalue weighted by atomic mass is 10.3. The van der Waals surface area contributed by atoms with Crippen LogP contribution in [0, 0.1) is 5.92 Å². The van der Waals surface area contributed by atoms with Gasteiger partial charge in [0.2, 0.25) is 5.91 Å². The van der Waals surface area contributed by atoms with Crippen molar-refractivity contribution in [1.29, 1.82) is 0 Å². The number of carbonyl (C=O) groups is 1. The van der Waals surface area contributed by atoms with E-state index < -0.39 is 0 Å². The zero-order valence-electron chi connectivity index (χ0n) is 6.93. The van der Waals surface area contributed by atoms with Crippen molar-refractivity contribution < 1.29 is 9.53 Å². The second-order valence-electron chi connectivity index (χ2n) is 3.02. The van der Waals surface area contributed by atoms with E-state index in [2.05, 4.69) is 10.1 Å². The first-order chi connectivity index (χ1) is 5.33. The number of amides is 1. The highest BCUT2D eigenvalue weighted by atomic mass is 16.5. The molecule has 1 fully saturated rings. The molecule has 0 heterocycles. The third kappa shape index (κ3) is 3.98. The average Bonchev–Trinajstić information content (AvgIpc) is 2.72. The van der Waals surface area contributed by atoms with Crippen molar-refractivity contribution in [1.82, 2.24) is 5.32 Å². The minimum atomic E-state index is -0.00634. The molecule has 0 aliphatic heterocycles. The molecular formula is C8H15NO2. The van der Waals surface area contributed by atoms with E-state index in [9.17, 15) is 4.79 Å². The van der Waals surface area contributed by atoms with Crippen LogP contribution in [-0.4, -0.2) is 26.2 Å². The van der Waals surface area contributed by atoms with Crippen LogP contribution in [0.5, 0.6) is 0 Å². The molecule has 1 saturated carbocycles. The molecule has 1 aliphatic carbocycles. The highest BCUT2D eigenvalue weighted by molar-refractivity contribution is 5.77. The lowest BCUT2D eigenvalue weighted by Crippen LogP contribution is -2.28. The number of carbonyl (C=O) groups excluding carboxylic acids is 1. The summed E-state index contributed by atoms with van der Waals surface area (Å²) in [7, 11) is 1.53. The molecule has 0 unspecified atom stereocenters. The standard InChI is InChI=1S/C8H15NO2/c1-11-6-8(10)9-5-4-7-2-3-7/h7H,2-6H2,1H3,(H,9,10). The third-order valence-corrected chi connectivity index (χ3v) is 1.85. The van der Waals surface area contributed by atoms with Crippen LogP contribution in [0.1, 0.15) is 19.3 Å². The van der Waals surface area contributed by atoms with Gasteiger partial charge in [-0.1, -0.05) is 12.8 Å². The van der Waals surface area contributed by atoms with Crippen LogP contribution in [0.2, 0.25) is 0 Å². The fraction of sp³-hybridized carbons (Fsp3) is 0.875. The normalized spacial score (nSPS) is 16.5. The van der Waals surface area contributed by atoms with Gasteiger partial charge in [0.25, 0.3) is 0 Å². The van der Waals surface area contributed by atoms with Crippen LogP contribution in [0.15, 0.2) is 0 Å². The van der Waals surface area contributed by atoms with Crippen molar-refractivity contribution in [2.24, 2.45) is 5.92 Å². The van der Waals surface area contributed by atoms with Crippen LogP contribution < -0.4 is 5.32 Å². The van der Waals surface area contributed by atoms with Crippen molar-refractivity contribution in [3.63, 3.8) is 0 Å². The molecule has 0 radical (unpaired) electrons. The number of nitrogens with one attached hydrogen (secondary N) is 1. The van der Waals surface area contributed by atoms with Gasteiger partial charge >= 0.3 is 0 Å². The van der Waals surface area contributed by atoms with Gasteiger partial charge < -0.3 is 10.1 Å². The molecule has 1 amide bonds. The van der Waals surface area contributed by atoms with Crippen molar-refractivity contribution >= 4 is 5.91 Å². The van der Waals surface area contributed by atoms with Crippen LogP contribution in [0.3, 0.4) is 0 Å². The molecule has 0 saturated heterocycles. The molecule has 0 atom stereocenters. The highest BCUT2D eigenvalue weighted by Crippen LogP contribution is 2.31. The van der Waals surface area contributed by atoms with Crippen LogP contribution >= 0.6 is 0 Å². The maximum absolute atomic E-state index is 10.8. The van der Waals surface area contributed by atoms with Crippen LogP contribution in [-0.2, 0) is 9.53 Å². The fourth-order valence-electron chi connectivity index (χ4n) is 1.00. The van der Waals surface area contributed by atoms with E-state index in [-0.39, 0.29) is 12.5 Å². The smallest absolute Gasteiger partial charge is 0.245 e. The molecule has 3 nitrogen and oxygen atoms in total. The molecule has 1 N–H and O–H groups in total. The predicted molar refractivity (Wildman–Crippen MR) is 42.2 cm³/mol. The van der Waals surface area contributed by atoms with Gasteiger partial charge in [0.1, 0.15) is 6.61 Å². The molecule has 3 heteroatoms. The van der Waals surface area contributed by atoms with Crippen LogP contribution in [0.4, 0.5) is 0 Å². The zero-order valence-corrected chi connectivity index (χ0v) is 6.93. The third-order valence-electron chi connectivity index (χ3n) is 1.85. The molecule has 1 aliphatic rings. The van der Waals surface area contributed by atoms with Gasteiger partial charge in [-0.25, -0.2) is 0 Å². The molecule has 1 rings (SSSR count). The molecule has 64 valence electrons. The van der Waals surface area contributed by atoms with E-state index in [0.29, 0.717) is 0 Å². The van der Waals surface area contributed by atoms with E-state index in [1.54, 1.807) is 0 Å². The van der Waals surface area contributed by atoms with E-state index in [1.165, 1.54) is 20.0 Å². The van der Waals surface area contributed by atoms with Gasteiger partial charge in [-0.2, -0.15) is 0 Å². The Labute approximate surface area is 67.1 Å². The fourth-order valence-corrected chi connectivity index (χ4v) is 1.00. The lowest BCUT2D eigenvalue weighted by Gasteiger charge is -2.02. The van der Waals surface area contributed by atoms with Crippen molar-refractivity contribution in [2.45, 2.75) is 19.3 Å². The summed E-state index contributed by atoms with van der Waals surface area (Å²) in [4.78, 5) is 10.8. The molecule has 0 aromatic rings. The van der Waals surface area contributed by atoms with Gasteiger partial charge in [0.05, 0.1) is 0 Å². The predicted octanol–water partition coefficient (Wildman–Crippen LogP) is 0.549. The summed E-state index contributed by atoms with van der Waals surface area (Å²) >= 11 is 0. The van der Waals surface area contributed by atoms with Crippen molar-refractivity contribution in [2.75, 3.05) is 20.3 Å². The first-order valence-corrected chi connectivity index (χ1v) is 4.08. The molecule has 0 bridgehead atoms. The Hall–Kier alpha value is -0.570. The van der Waals surface area contributed by atoms with Gasteiger partial charge in [-0.3, -0.25) is 4.79 Å². The average molecular weight is 157 g/mol. The zero-order chi connectivity index (χ0) is 8.10. The van der Waals surface area contributed by atoms with Crippen molar-refractivity contribution in [3.8, 4) is 0 Å². The minimum Gasteiger partial charge on any atom is -0.375 e. The van der Waals surface area contributed by atoms with Gasteiger partial charge in [0.15, 0.2) is 0 Å². The Bertz CT molecular complexity index is 132. The number of ether oxygens (including phenoxy) is 1. The number of rotatable bonds is 5. The first kappa shape index (κ1) is 8.53.